The third-order valence-electron chi connectivity index (χ3n) is 2.82. The van der Waals surface area contributed by atoms with E-state index in [-0.39, 0.29) is 25.5 Å². The number of aliphatic carboxylic acids is 1. The van der Waals surface area contributed by atoms with E-state index in [1.165, 1.54) is 0 Å². The largest absolute Gasteiger partial charge is 0.493 e. The van der Waals surface area contributed by atoms with Gasteiger partial charge < -0.3 is 15.2 Å². The van der Waals surface area contributed by atoms with Crippen molar-refractivity contribution in [3.05, 3.63) is 29.3 Å². The summed E-state index contributed by atoms with van der Waals surface area (Å²) in [6.07, 6.45) is 0.208. The molecule has 0 bridgehead atoms. The van der Waals surface area contributed by atoms with Crippen molar-refractivity contribution in [3.63, 3.8) is 0 Å². The number of carbonyl (C=O) groups is 2. The van der Waals surface area contributed by atoms with E-state index in [0.717, 1.165) is 16.9 Å². The molecule has 1 unspecified atom stereocenters. The third-order valence-corrected chi connectivity index (χ3v) is 2.82. The maximum atomic E-state index is 11.5. The van der Waals surface area contributed by atoms with Crippen LogP contribution >= 0.6 is 0 Å². The summed E-state index contributed by atoms with van der Waals surface area (Å²) < 4.78 is 5.52. The van der Waals surface area contributed by atoms with Gasteiger partial charge in [0.25, 0.3) is 0 Å². The van der Waals surface area contributed by atoms with Gasteiger partial charge in [-0.1, -0.05) is 13.0 Å². The summed E-state index contributed by atoms with van der Waals surface area (Å²) in [5.74, 6) is -0.965. The molecule has 1 rings (SSSR count). The van der Waals surface area contributed by atoms with Gasteiger partial charge in [0.15, 0.2) is 0 Å². The number of rotatable bonds is 7. The van der Waals surface area contributed by atoms with E-state index in [4.69, 9.17) is 9.84 Å². The van der Waals surface area contributed by atoms with Crippen LogP contribution in [0.4, 0.5) is 0 Å². The molecule has 0 spiro atoms. The number of nitrogens with one attached hydrogen (secondary N) is 1. The molecule has 0 aliphatic heterocycles. The van der Waals surface area contributed by atoms with E-state index >= 15 is 0 Å². The molecule has 0 aliphatic rings. The number of amides is 1. The predicted octanol–water partition coefficient (Wildman–Crippen LogP) is 1.91. The van der Waals surface area contributed by atoms with Gasteiger partial charge in [0.1, 0.15) is 5.75 Å². The van der Waals surface area contributed by atoms with Crippen molar-refractivity contribution < 1.29 is 19.4 Å². The van der Waals surface area contributed by atoms with Gasteiger partial charge in [-0.2, -0.15) is 0 Å². The minimum Gasteiger partial charge on any atom is -0.493 e. The van der Waals surface area contributed by atoms with E-state index < -0.39 is 11.9 Å². The first-order chi connectivity index (χ1) is 9.38. The van der Waals surface area contributed by atoms with E-state index in [9.17, 15) is 9.59 Å². The van der Waals surface area contributed by atoms with E-state index in [1.54, 1.807) is 6.92 Å². The molecule has 20 heavy (non-hydrogen) atoms. The highest BCUT2D eigenvalue weighted by Gasteiger charge is 2.12. The quantitative estimate of drug-likeness (QED) is 0.799. The number of hydrogen-bond donors (Lipinski definition) is 2. The minimum atomic E-state index is -0.920. The molecule has 0 radical (unpaired) electrons. The van der Waals surface area contributed by atoms with Gasteiger partial charge in [-0.05, 0) is 37.1 Å². The van der Waals surface area contributed by atoms with Crippen LogP contribution in [-0.2, 0) is 9.59 Å². The average molecular weight is 279 g/mol. The zero-order valence-electron chi connectivity index (χ0n) is 12.1. The number of hydrogen-bond acceptors (Lipinski definition) is 3. The monoisotopic (exact) mass is 279 g/mol. The molecule has 5 nitrogen and oxygen atoms in total. The highest BCUT2D eigenvalue weighted by Crippen LogP contribution is 2.16. The second kappa shape index (κ2) is 7.53. The number of benzene rings is 1. The molecule has 2 N–H and O–H groups in total. The molecule has 0 aliphatic carbocycles. The van der Waals surface area contributed by atoms with Gasteiger partial charge in [0.2, 0.25) is 5.91 Å². The Morgan fingerprint density at radius 3 is 2.40 bits per heavy atom. The molecular weight excluding hydrogens is 258 g/mol. The van der Waals surface area contributed by atoms with Crippen LogP contribution in [0.1, 0.15) is 24.5 Å². The zero-order chi connectivity index (χ0) is 15.1. The average Bonchev–Trinajstić information content (AvgIpc) is 2.34. The normalized spacial score (nSPS) is 11.8. The number of aryl methyl sites for hydroxylation is 2. The summed E-state index contributed by atoms with van der Waals surface area (Å²) in [7, 11) is 0. The lowest BCUT2D eigenvalue weighted by Gasteiger charge is -2.10. The molecule has 1 amide bonds. The maximum Gasteiger partial charge on any atom is 0.308 e. The van der Waals surface area contributed by atoms with Gasteiger partial charge in [0.05, 0.1) is 18.9 Å². The molecule has 1 aromatic rings. The first kappa shape index (κ1) is 16.0. The number of ether oxygens (including phenoxy) is 1. The molecule has 0 aromatic heterocycles. The summed E-state index contributed by atoms with van der Waals surface area (Å²) >= 11 is 0. The third kappa shape index (κ3) is 5.73. The molecule has 110 valence electrons. The molecule has 1 atom stereocenters. The lowest BCUT2D eigenvalue weighted by atomic mass is 10.1. The Hall–Kier alpha value is -2.04. The molecule has 0 saturated heterocycles. The molecule has 0 saturated carbocycles. The summed E-state index contributed by atoms with van der Waals surface area (Å²) in [4.78, 5) is 22.1. The van der Waals surface area contributed by atoms with Crippen LogP contribution in [0, 0.1) is 19.8 Å². The van der Waals surface area contributed by atoms with Crippen molar-refractivity contribution in [1.29, 1.82) is 0 Å². The van der Waals surface area contributed by atoms with Gasteiger partial charge in [0, 0.05) is 6.54 Å². The molecule has 0 heterocycles. The van der Waals surface area contributed by atoms with Crippen LogP contribution in [0.2, 0.25) is 0 Å². The number of carboxylic acids is 1. The Kier molecular flexibility index (Phi) is 6.03. The second-order valence-electron chi connectivity index (χ2n) is 4.97. The van der Waals surface area contributed by atoms with Crippen LogP contribution in [-0.4, -0.2) is 30.1 Å². The summed E-state index contributed by atoms with van der Waals surface area (Å²) in [5.41, 5.74) is 2.22. The summed E-state index contributed by atoms with van der Waals surface area (Å²) in [6, 6.07) is 5.88. The van der Waals surface area contributed by atoms with Crippen LogP contribution in [0.25, 0.3) is 0 Å². The lowest BCUT2D eigenvalue weighted by molar-refractivity contribution is -0.141. The first-order valence-corrected chi connectivity index (χ1v) is 6.59. The Morgan fingerprint density at radius 2 is 1.85 bits per heavy atom. The minimum absolute atomic E-state index is 0.137. The Labute approximate surface area is 118 Å². The summed E-state index contributed by atoms with van der Waals surface area (Å²) in [5, 5.41) is 11.3. The van der Waals surface area contributed by atoms with Gasteiger partial charge >= 0.3 is 5.97 Å². The van der Waals surface area contributed by atoms with Crippen molar-refractivity contribution in [3.8, 4) is 5.75 Å². The Bertz CT molecular complexity index is 465. The van der Waals surface area contributed by atoms with Crippen LogP contribution in [0.3, 0.4) is 0 Å². The standard InChI is InChI=1S/C15H21NO4/c1-10-6-11(2)8-13(7-10)20-5-4-14(17)16-9-12(3)15(18)19/h6-8,12H,4-5,9H2,1-3H3,(H,16,17)(H,18,19). The Morgan fingerprint density at radius 1 is 1.25 bits per heavy atom. The van der Waals surface area contributed by atoms with Gasteiger partial charge in [-0.3, -0.25) is 9.59 Å². The molecular formula is C15H21NO4. The van der Waals surface area contributed by atoms with Crippen molar-refractivity contribution in [2.24, 2.45) is 5.92 Å². The fourth-order valence-electron chi connectivity index (χ4n) is 1.72. The van der Waals surface area contributed by atoms with E-state index in [1.807, 2.05) is 32.0 Å². The fraction of sp³-hybridized carbons (Fsp3) is 0.467. The van der Waals surface area contributed by atoms with Gasteiger partial charge in [-0.15, -0.1) is 0 Å². The SMILES string of the molecule is Cc1cc(C)cc(OCCC(=O)NCC(C)C(=O)O)c1. The first-order valence-electron chi connectivity index (χ1n) is 6.59. The van der Waals surface area contributed by atoms with Crippen molar-refractivity contribution in [1.82, 2.24) is 5.32 Å². The lowest BCUT2D eigenvalue weighted by Crippen LogP contribution is -2.32. The van der Waals surface area contributed by atoms with Crippen molar-refractivity contribution >= 4 is 11.9 Å². The van der Waals surface area contributed by atoms with Crippen LogP contribution in [0.5, 0.6) is 5.75 Å². The molecule has 5 heteroatoms. The molecule has 0 fully saturated rings. The van der Waals surface area contributed by atoms with Crippen molar-refractivity contribution in [2.45, 2.75) is 27.2 Å². The Balaban J connectivity index is 2.30. The highest BCUT2D eigenvalue weighted by molar-refractivity contribution is 5.77. The van der Waals surface area contributed by atoms with Gasteiger partial charge in [-0.25, -0.2) is 0 Å². The number of carbonyl (C=O) groups excluding carboxylic acids is 1. The maximum absolute atomic E-state index is 11.5. The van der Waals surface area contributed by atoms with E-state index in [2.05, 4.69) is 5.32 Å². The van der Waals surface area contributed by atoms with E-state index in [0.29, 0.717) is 0 Å². The van der Waals surface area contributed by atoms with Crippen LogP contribution in [0.15, 0.2) is 18.2 Å². The fourth-order valence-corrected chi connectivity index (χ4v) is 1.72. The van der Waals surface area contributed by atoms with Crippen LogP contribution < -0.4 is 10.1 Å². The molecule has 1 aromatic carbocycles. The van der Waals surface area contributed by atoms with Crippen molar-refractivity contribution in [2.75, 3.05) is 13.2 Å². The highest BCUT2D eigenvalue weighted by atomic mass is 16.5. The second-order valence-corrected chi connectivity index (χ2v) is 4.97. The summed E-state index contributed by atoms with van der Waals surface area (Å²) in [6.45, 7) is 5.93. The smallest absolute Gasteiger partial charge is 0.308 e. The topological polar surface area (TPSA) is 75.6 Å². The number of carboxylic acid groups (broad SMARTS) is 1. The predicted molar refractivity (Wildman–Crippen MR) is 75.8 cm³/mol. The zero-order valence-corrected chi connectivity index (χ0v) is 12.1.